The van der Waals surface area contributed by atoms with Crippen LogP contribution in [-0.2, 0) is 33.8 Å². The number of nitrogens with zero attached hydrogens (tertiary/aromatic N) is 7. The van der Waals surface area contributed by atoms with Gasteiger partial charge in [0.1, 0.15) is 23.2 Å². The van der Waals surface area contributed by atoms with Crippen LogP contribution in [0.2, 0.25) is 5.28 Å². The van der Waals surface area contributed by atoms with Crippen molar-refractivity contribution < 1.29 is 28.3 Å². The van der Waals surface area contributed by atoms with Gasteiger partial charge >= 0.3 is 17.6 Å². The summed E-state index contributed by atoms with van der Waals surface area (Å²) in [6.45, 7) is 6.27. The fraction of sp³-hybridized carbons (Fsp3) is 0.459. The summed E-state index contributed by atoms with van der Waals surface area (Å²) >= 11 is 6.60. The van der Waals surface area contributed by atoms with Crippen LogP contribution in [0, 0.1) is 0 Å². The van der Waals surface area contributed by atoms with Crippen LogP contribution in [-0.4, -0.2) is 59.0 Å². The highest BCUT2D eigenvalue weighted by atomic mass is 35.5. The van der Waals surface area contributed by atoms with Gasteiger partial charge in [-0.2, -0.15) is 9.97 Å². The molecule has 0 spiro atoms. The molecule has 16 heteroatoms. The van der Waals surface area contributed by atoms with Crippen LogP contribution in [0.15, 0.2) is 62.8 Å². The first-order valence-electron chi connectivity index (χ1n) is 17.9. The van der Waals surface area contributed by atoms with Crippen molar-refractivity contribution in [2.75, 3.05) is 13.2 Å². The Morgan fingerprint density at radius 2 is 1.66 bits per heavy atom. The summed E-state index contributed by atoms with van der Waals surface area (Å²) in [5.74, 6) is -0.0500. The Morgan fingerprint density at radius 1 is 0.906 bits per heavy atom. The van der Waals surface area contributed by atoms with E-state index in [4.69, 9.17) is 30.3 Å². The highest BCUT2D eigenvalue weighted by Crippen LogP contribution is 2.24. The first-order valence-corrected chi connectivity index (χ1v) is 18.3. The number of halogens is 1. The highest BCUT2D eigenvalue weighted by molar-refractivity contribution is 6.29. The van der Waals surface area contributed by atoms with Crippen LogP contribution in [0.25, 0.3) is 22.7 Å². The lowest BCUT2D eigenvalue weighted by molar-refractivity contribution is -0.131. The van der Waals surface area contributed by atoms with E-state index >= 15 is 0 Å². The number of esters is 2. The van der Waals surface area contributed by atoms with E-state index in [9.17, 15) is 19.2 Å². The van der Waals surface area contributed by atoms with Crippen molar-refractivity contribution >= 4 is 34.7 Å². The van der Waals surface area contributed by atoms with E-state index in [1.54, 1.807) is 54.1 Å². The highest BCUT2D eigenvalue weighted by Gasteiger charge is 2.24. The SMILES string of the molecule is CCCCn1c(=O)n(CCCCc2noc(-c3ccccn3)n2)c(=O)c2c1nc(Cl)n2C(C)OCCCCCCOC(=O)c1ccccc1OC(C)=O. The van der Waals surface area contributed by atoms with Crippen LogP contribution >= 0.6 is 11.6 Å². The molecule has 4 heterocycles. The van der Waals surface area contributed by atoms with Gasteiger partial charge in [0.15, 0.2) is 17.0 Å². The molecule has 0 bridgehead atoms. The molecular formula is C37H44ClN7O8. The van der Waals surface area contributed by atoms with Crippen LogP contribution in [0.4, 0.5) is 0 Å². The minimum absolute atomic E-state index is 0.0601. The molecule has 0 aliphatic rings. The second kappa shape index (κ2) is 19.1. The Hall–Kier alpha value is -5.15. The van der Waals surface area contributed by atoms with Gasteiger partial charge < -0.3 is 18.7 Å². The minimum Gasteiger partial charge on any atom is -0.462 e. The van der Waals surface area contributed by atoms with E-state index in [-0.39, 0.29) is 40.9 Å². The number of fused-ring (bicyclic) bond motifs is 1. The molecule has 0 fully saturated rings. The largest absolute Gasteiger partial charge is 0.462 e. The molecule has 0 radical (unpaired) electrons. The molecule has 5 rings (SSSR count). The van der Waals surface area contributed by atoms with Crippen molar-refractivity contribution in [2.24, 2.45) is 0 Å². The maximum atomic E-state index is 13.9. The molecule has 5 aromatic rings. The molecule has 1 aromatic carbocycles. The zero-order chi connectivity index (χ0) is 37.7. The van der Waals surface area contributed by atoms with Crippen LogP contribution < -0.4 is 16.0 Å². The molecule has 0 saturated carbocycles. The summed E-state index contributed by atoms with van der Waals surface area (Å²) in [5.41, 5.74) is 0.334. The molecule has 0 amide bonds. The molecule has 0 N–H and O–H groups in total. The monoisotopic (exact) mass is 749 g/mol. The average molecular weight is 750 g/mol. The number of hydrogen-bond acceptors (Lipinski definition) is 12. The number of imidazole rings is 1. The molecule has 0 saturated heterocycles. The normalized spacial score (nSPS) is 11.9. The van der Waals surface area contributed by atoms with E-state index in [0.717, 1.165) is 25.7 Å². The Bertz CT molecular complexity index is 2110. The lowest BCUT2D eigenvalue weighted by Gasteiger charge is -2.17. The first kappa shape index (κ1) is 39.1. The van der Waals surface area contributed by atoms with Gasteiger partial charge in [0.2, 0.25) is 5.28 Å². The Balaban J connectivity index is 1.15. The summed E-state index contributed by atoms with van der Waals surface area (Å²) in [4.78, 5) is 64.4. The molecule has 4 aromatic heterocycles. The number of aryl methyl sites for hydroxylation is 2. The summed E-state index contributed by atoms with van der Waals surface area (Å²) in [6.07, 6.45) is 7.20. The number of benzene rings is 1. The van der Waals surface area contributed by atoms with Gasteiger partial charge in [-0.25, -0.2) is 9.59 Å². The smallest absolute Gasteiger partial charge is 0.341 e. The summed E-state index contributed by atoms with van der Waals surface area (Å²) in [6, 6.07) is 11.9. The lowest BCUT2D eigenvalue weighted by Crippen LogP contribution is -2.41. The van der Waals surface area contributed by atoms with Gasteiger partial charge in [-0.3, -0.25) is 28.3 Å². The number of aromatic nitrogens is 7. The van der Waals surface area contributed by atoms with Crippen LogP contribution in [0.5, 0.6) is 5.75 Å². The van der Waals surface area contributed by atoms with Crippen molar-refractivity contribution in [2.45, 2.75) is 97.9 Å². The summed E-state index contributed by atoms with van der Waals surface area (Å²) in [5, 5.41) is 4.10. The molecule has 53 heavy (non-hydrogen) atoms. The van der Waals surface area contributed by atoms with Gasteiger partial charge in [0.25, 0.3) is 11.4 Å². The lowest BCUT2D eigenvalue weighted by atomic mass is 10.2. The van der Waals surface area contributed by atoms with Gasteiger partial charge in [0.05, 0.1) is 6.61 Å². The van der Waals surface area contributed by atoms with Crippen molar-refractivity contribution in [3.63, 3.8) is 0 Å². The maximum Gasteiger partial charge on any atom is 0.341 e. The third-order valence-corrected chi connectivity index (χ3v) is 8.76. The van der Waals surface area contributed by atoms with E-state index < -0.39 is 29.4 Å². The number of para-hydroxylation sites is 1. The van der Waals surface area contributed by atoms with Crippen molar-refractivity contribution in [3.05, 3.63) is 86.2 Å². The van der Waals surface area contributed by atoms with E-state index in [0.29, 0.717) is 62.7 Å². The van der Waals surface area contributed by atoms with E-state index in [1.807, 2.05) is 13.0 Å². The molecule has 0 aliphatic carbocycles. The fourth-order valence-electron chi connectivity index (χ4n) is 5.79. The predicted octanol–water partition coefficient (Wildman–Crippen LogP) is 6.16. The number of unbranched alkanes of at least 4 members (excludes halogenated alkanes) is 5. The van der Waals surface area contributed by atoms with Gasteiger partial charge in [-0.1, -0.05) is 43.1 Å². The van der Waals surface area contributed by atoms with E-state index in [2.05, 4.69) is 20.1 Å². The fourth-order valence-corrected chi connectivity index (χ4v) is 6.09. The average Bonchev–Trinajstić information content (AvgIpc) is 3.77. The Morgan fingerprint density at radius 3 is 2.42 bits per heavy atom. The van der Waals surface area contributed by atoms with Crippen molar-refractivity contribution in [1.29, 1.82) is 0 Å². The van der Waals surface area contributed by atoms with Crippen LogP contribution in [0.3, 0.4) is 0 Å². The maximum absolute atomic E-state index is 13.9. The molecule has 0 aliphatic heterocycles. The molecular weight excluding hydrogens is 706 g/mol. The number of carbonyl (C=O) groups is 2. The van der Waals surface area contributed by atoms with Gasteiger partial charge in [0, 0.05) is 39.2 Å². The topological polar surface area (TPSA) is 175 Å². The summed E-state index contributed by atoms with van der Waals surface area (Å²) < 4.78 is 26.2. The van der Waals surface area contributed by atoms with E-state index in [1.165, 1.54) is 16.1 Å². The number of rotatable bonds is 20. The molecule has 15 nitrogen and oxygen atoms in total. The predicted molar refractivity (Wildman–Crippen MR) is 196 cm³/mol. The van der Waals surface area contributed by atoms with Gasteiger partial charge in [-0.15, -0.1) is 0 Å². The molecule has 1 atom stereocenters. The standard InChI is InChI=1S/C37H44ClN7O8/c1-4-5-21-43-32-31(34(47)44(37(43)49)22-13-11-19-30-40-33(53-42-30)28-17-10-12-20-39-28)45(36(38)41-32)25(2)50-23-14-6-7-15-24-51-35(48)27-16-8-9-18-29(27)52-26(3)46/h8-10,12,16-18,20,25H,4-7,11,13-15,19,21-24H2,1-3H3. The number of ether oxygens (including phenoxy) is 3. The molecule has 1 unspecified atom stereocenters. The summed E-state index contributed by atoms with van der Waals surface area (Å²) in [7, 11) is 0. The van der Waals surface area contributed by atoms with Crippen molar-refractivity contribution in [1.82, 2.24) is 33.8 Å². The Labute approximate surface area is 310 Å². The zero-order valence-electron chi connectivity index (χ0n) is 30.2. The number of pyridine rings is 1. The third kappa shape index (κ3) is 10.0. The second-order valence-electron chi connectivity index (χ2n) is 12.5. The second-order valence-corrected chi connectivity index (χ2v) is 12.8. The quantitative estimate of drug-likeness (QED) is 0.0384. The van der Waals surface area contributed by atoms with Gasteiger partial charge in [-0.05, 0) is 81.3 Å². The third-order valence-electron chi connectivity index (χ3n) is 8.49. The van der Waals surface area contributed by atoms with Crippen LogP contribution in [0.1, 0.15) is 94.5 Å². The zero-order valence-corrected chi connectivity index (χ0v) is 30.9. The minimum atomic E-state index is -0.629. The molecule has 282 valence electrons. The van der Waals surface area contributed by atoms with Crippen molar-refractivity contribution in [3.8, 4) is 17.3 Å². The first-order chi connectivity index (χ1) is 25.7. The number of carbonyl (C=O) groups excluding carboxylic acids is 2. The Kier molecular flexibility index (Phi) is 14.1. The number of hydrogen-bond donors (Lipinski definition) is 0.